The molecule has 2 atom stereocenters. The maximum absolute atomic E-state index is 6.34. The minimum absolute atomic E-state index is 0.232. The predicted octanol–water partition coefficient (Wildman–Crippen LogP) is 2.97. The van der Waals surface area contributed by atoms with Gasteiger partial charge in [-0.1, -0.05) is 26.8 Å². The highest BCUT2D eigenvalue weighted by Gasteiger charge is 2.29. The van der Waals surface area contributed by atoms with Crippen LogP contribution >= 0.6 is 11.8 Å². The van der Waals surface area contributed by atoms with Crippen molar-refractivity contribution in [1.82, 2.24) is 4.98 Å². The lowest BCUT2D eigenvalue weighted by molar-refractivity contribution is 0.559. The summed E-state index contributed by atoms with van der Waals surface area (Å²) in [5, 5.41) is 0. The fourth-order valence-electron chi connectivity index (χ4n) is 2.32. The number of nitrogens with zero attached hydrogens (tertiary/aromatic N) is 1. The van der Waals surface area contributed by atoms with Crippen molar-refractivity contribution < 1.29 is 0 Å². The molecule has 2 nitrogen and oxygen atoms in total. The summed E-state index contributed by atoms with van der Waals surface area (Å²) in [5.41, 5.74) is 8.98. The lowest BCUT2D eigenvalue weighted by Gasteiger charge is -2.24. The quantitative estimate of drug-likeness (QED) is 0.896. The van der Waals surface area contributed by atoms with Gasteiger partial charge in [-0.3, -0.25) is 4.98 Å². The van der Waals surface area contributed by atoms with Gasteiger partial charge in [0.05, 0.1) is 0 Å². The van der Waals surface area contributed by atoms with E-state index in [0.29, 0.717) is 10.7 Å². The SMILES string of the molecule is CC(C)(C)SCC(N)C1CCc2cccnc21. The first kappa shape index (κ1) is 12.9. The van der Waals surface area contributed by atoms with Crippen molar-refractivity contribution in [3.05, 3.63) is 29.6 Å². The predicted molar refractivity (Wildman–Crippen MR) is 75.5 cm³/mol. The molecule has 0 radical (unpaired) electrons. The minimum Gasteiger partial charge on any atom is -0.326 e. The van der Waals surface area contributed by atoms with Crippen LogP contribution in [0.1, 0.15) is 44.4 Å². The molecule has 0 saturated carbocycles. The molecule has 1 aliphatic rings. The minimum atomic E-state index is 0.232. The van der Waals surface area contributed by atoms with Gasteiger partial charge in [0.25, 0.3) is 0 Å². The molecule has 0 aromatic carbocycles. The monoisotopic (exact) mass is 250 g/mol. The topological polar surface area (TPSA) is 38.9 Å². The summed E-state index contributed by atoms with van der Waals surface area (Å²) < 4.78 is 0.295. The highest BCUT2D eigenvalue weighted by molar-refractivity contribution is 8.00. The fraction of sp³-hybridized carbons (Fsp3) is 0.643. The van der Waals surface area contributed by atoms with Crippen molar-refractivity contribution in [2.75, 3.05) is 5.75 Å². The first-order valence-electron chi connectivity index (χ1n) is 6.31. The Kier molecular flexibility index (Phi) is 3.79. The van der Waals surface area contributed by atoms with Gasteiger partial charge in [0.2, 0.25) is 0 Å². The molecule has 0 saturated heterocycles. The van der Waals surface area contributed by atoms with Crippen LogP contribution in [0.4, 0.5) is 0 Å². The average molecular weight is 250 g/mol. The summed E-state index contributed by atoms with van der Waals surface area (Å²) in [6.45, 7) is 6.72. The van der Waals surface area contributed by atoms with E-state index in [1.807, 2.05) is 24.0 Å². The van der Waals surface area contributed by atoms with E-state index in [1.54, 1.807) is 0 Å². The smallest absolute Gasteiger partial charge is 0.0482 e. The van der Waals surface area contributed by atoms with Crippen molar-refractivity contribution in [1.29, 1.82) is 0 Å². The van der Waals surface area contributed by atoms with Gasteiger partial charge in [-0.2, -0.15) is 11.8 Å². The van der Waals surface area contributed by atoms with Gasteiger partial charge in [-0.25, -0.2) is 0 Å². The second-order valence-electron chi connectivity index (χ2n) is 5.78. The van der Waals surface area contributed by atoms with E-state index >= 15 is 0 Å². The number of aromatic nitrogens is 1. The third kappa shape index (κ3) is 3.23. The first-order valence-corrected chi connectivity index (χ1v) is 7.29. The summed E-state index contributed by atoms with van der Waals surface area (Å²) in [6, 6.07) is 4.44. The summed E-state index contributed by atoms with van der Waals surface area (Å²) in [5.74, 6) is 1.48. The van der Waals surface area contributed by atoms with E-state index in [2.05, 4.69) is 31.8 Å². The molecule has 2 unspecified atom stereocenters. The van der Waals surface area contributed by atoms with Crippen LogP contribution in [-0.2, 0) is 6.42 Å². The van der Waals surface area contributed by atoms with Gasteiger partial charge in [-0.05, 0) is 24.5 Å². The van der Waals surface area contributed by atoms with Crippen molar-refractivity contribution in [2.24, 2.45) is 5.73 Å². The van der Waals surface area contributed by atoms with Crippen LogP contribution in [0.5, 0.6) is 0 Å². The molecule has 17 heavy (non-hydrogen) atoms. The summed E-state index contributed by atoms with van der Waals surface area (Å²) in [7, 11) is 0. The largest absolute Gasteiger partial charge is 0.326 e. The van der Waals surface area contributed by atoms with Crippen molar-refractivity contribution >= 4 is 11.8 Å². The lowest BCUT2D eigenvalue weighted by atomic mass is 9.99. The highest BCUT2D eigenvalue weighted by Crippen LogP contribution is 2.35. The van der Waals surface area contributed by atoms with Crippen LogP contribution in [0, 0.1) is 0 Å². The number of hydrogen-bond donors (Lipinski definition) is 1. The number of thioether (sulfide) groups is 1. The Labute approximate surface area is 108 Å². The van der Waals surface area contributed by atoms with E-state index in [1.165, 1.54) is 11.3 Å². The Morgan fingerprint density at radius 3 is 3.00 bits per heavy atom. The standard InChI is InChI=1S/C14H22N2S/c1-14(2,3)17-9-12(15)11-7-6-10-5-4-8-16-13(10)11/h4-5,8,11-12H,6-7,9,15H2,1-3H3. The zero-order valence-electron chi connectivity index (χ0n) is 10.9. The van der Waals surface area contributed by atoms with Crippen LogP contribution in [0.2, 0.25) is 0 Å². The average Bonchev–Trinajstić information content (AvgIpc) is 2.68. The van der Waals surface area contributed by atoms with Gasteiger partial charge in [0, 0.05) is 34.4 Å². The number of hydrogen-bond acceptors (Lipinski definition) is 3. The second kappa shape index (κ2) is 4.99. The molecule has 94 valence electrons. The molecular formula is C14H22N2S. The molecule has 0 spiro atoms. The number of nitrogens with two attached hydrogens (primary N) is 1. The molecule has 0 aliphatic heterocycles. The molecule has 2 rings (SSSR count). The van der Waals surface area contributed by atoms with Crippen molar-refractivity contribution in [2.45, 2.75) is 50.3 Å². The van der Waals surface area contributed by atoms with Crippen LogP contribution in [0.15, 0.2) is 18.3 Å². The van der Waals surface area contributed by atoms with E-state index in [0.717, 1.165) is 18.6 Å². The normalized spacial score (nSPS) is 21.3. The molecule has 2 N–H and O–H groups in total. The molecule has 0 bridgehead atoms. The maximum atomic E-state index is 6.34. The van der Waals surface area contributed by atoms with Gasteiger partial charge in [-0.15, -0.1) is 0 Å². The Bertz CT molecular complexity index is 384. The van der Waals surface area contributed by atoms with Crippen molar-refractivity contribution in [3.63, 3.8) is 0 Å². The lowest BCUT2D eigenvalue weighted by Crippen LogP contribution is -2.31. The number of rotatable bonds is 3. The summed E-state index contributed by atoms with van der Waals surface area (Å²) >= 11 is 1.95. The highest BCUT2D eigenvalue weighted by atomic mass is 32.2. The first-order chi connectivity index (χ1) is 7.97. The molecule has 3 heteroatoms. The zero-order chi connectivity index (χ0) is 12.5. The van der Waals surface area contributed by atoms with E-state index in [-0.39, 0.29) is 6.04 Å². The molecule has 1 heterocycles. The number of pyridine rings is 1. The fourth-order valence-corrected chi connectivity index (χ4v) is 3.25. The van der Waals surface area contributed by atoms with Crippen LogP contribution in [0.3, 0.4) is 0 Å². The molecule has 1 aromatic rings. The van der Waals surface area contributed by atoms with E-state index in [9.17, 15) is 0 Å². The Hall–Kier alpha value is -0.540. The van der Waals surface area contributed by atoms with Gasteiger partial charge < -0.3 is 5.73 Å². The van der Waals surface area contributed by atoms with Gasteiger partial charge in [0.15, 0.2) is 0 Å². The molecule has 0 fully saturated rings. The molecule has 1 aromatic heterocycles. The van der Waals surface area contributed by atoms with Crippen molar-refractivity contribution in [3.8, 4) is 0 Å². The van der Waals surface area contributed by atoms with Crippen LogP contribution in [0.25, 0.3) is 0 Å². The van der Waals surface area contributed by atoms with E-state index in [4.69, 9.17) is 5.73 Å². The third-order valence-corrected chi connectivity index (χ3v) is 4.65. The van der Waals surface area contributed by atoms with Crippen LogP contribution < -0.4 is 5.73 Å². The molecular weight excluding hydrogens is 228 g/mol. The number of aryl methyl sites for hydroxylation is 1. The van der Waals surface area contributed by atoms with Gasteiger partial charge in [0.1, 0.15) is 0 Å². The molecule has 0 amide bonds. The Morgan fingerprint density at radius 1 is 1.53 bits per heavy atom. The molecule has 1 aliphatic carbocycles. The third-order valence-electron chi connectivity index (χ3n) is 3.23. The summed E-state index contributed by atoms with van der Waals surface area (Å²) in [6.07, 6.45) is 4.20. The van der Waals surface area contributed by atoms with Crippen LogP contribution in [-0.4, -0.2) is 21.5 Å². The maximum Gasteiger partial charge on any atom is 0.0482 e. The zero-order valence-corrected chi connectivity index (χ0v) is 11.8. The van der Waals surface area contributed by atoms with Gasteiger partial charge >= 0.3 is 0 Å². The summed E-state index contributed by atoms with van der Waals surface area (Å²) in [4.78, 5) is 4.52. The second-order valence-corrected chi connectivity index (χ2v) is 7.63. The van der Waals surface area contributed by atoms with E-state index < -0.39 is 0 Å². The Balaban J connectivity index is 2.00. The Morgan fingerprint density at radius 2 is 2.29 bits per heavy atom. The number of fused-ring (bicyclic) bond motifs is 1.